The van der Waals surface area contributed by atoms with E-state index in [9.17, 15) is 0 Å². The summed E-state index contributed by atoms with van der Waals surface area (Å²) in [6.07, 6.45) is 6.27. The van der Waals surface area contributed by atoms with Gasteiger partial charge in [0.05, 0.1) is 5.52 Å². The van der Waals surface area contributed by atoms with E-state index in [-0.39, 0.29) is 0 Å². The van der Waals surface area contributed by atoms with Crippen LogP contribution in [-0.4, -0.2) is 4.98 Å². The first kappa shape index (κ1) is 11.8. The van der Waals surface area contributed by atoms with E-state index in [1.54, 1.807) is 0 Å². The Kier molecular flexibility index (Phi) is 3.58. The summed E-state index contributed by atoms with van der Waals surface area (Å²) in [4.78, 5) is 4.74. The predicted molar refractivity (Wildman–Crippen MR) is 75.2 cm³/mol. The van der Waals surface area contributed by atoms with Crippen LogP contribution >= 0.6 is 0 Å². The Morgan fingerprint density at radius 2 is 1.94 bits per heavy atom. The molecule has 1 heterocycles. The number of rotatable bonds is 3. The highest BCUT2D eigenvalue weighted by molar-refractivity contribution is 5.82. The van der Waals surface area contributed by atoms with E-state index >= 15 is 0 Å². The molecule has 0 aliphatic carbocycles. The number of aromatic nitrogens is 1. The average molecular weight is 225 g/mol. The molecule has 0 saturated carbocycles. The average Bonchev–Trinajstić information content (AvgIpc) is 2.37. The molecule has 0 unspecified atom stereocenters. The van der Waals surface area contributed by atoms with Gasteiger partial charge in [0.2, 0.25) is 0 Å². The van der Waals surface area contributed by atoms with E-state index in [2.05, 4.69) is 50.3 Å². The van der Waals surface area contributed by atoms with Crippen molar-refractivity contribution in [2.45, 2.75) is 33.6 Å². The maximum absolute atomic E-state index is 4.74. The van der Waals surface area contributed by atoms with Gasteiger partial charge >= 0.3 is 0 Å². The van der Waals surface area contributed by atoms with Gasteiger partial charge in [-0.25, -0.2) is 0 Å². The zero-order chi connectivity index (χ0) is 12.3. The summed E-state index contributed by atoms with van der Waals surface area (Å²) >= 11 is 0. The maximum atomic E-state index is 4.74. The largest absolute Gasteiger partial charge is 0.252 e. The van der Waals surface area contributed by atoms with Crippen molar-refractivity contribution in [3.05, 3.63) is 47.2 Å². The fourth-order valence-corrected chi connectivity index (χ4v) is 2.11. The zero-order valence-corrected chi connectivity index (χ0v) is 10.8. The molecule has 0 aliphatic rings. The number of hydrogen-bond acceptors (Lipinski definition) is 1. The van der Waals surface area contributed by atoms with Gasteiger partial charge in [0.15, 0.2) is 0 Å². The molecular weight excluding hydrogens is 206 g/mol. The van der Waals surface area contributed by atoms with Crippen LogP contribution in [0.5, 0.6) is 0 Å². The molecule has 0 spiro atoms. The first-order valence-electron chi connectivity index (χ1n) is 6.33. The molecule has 88 valence electrons. The van der Waals surface area contributed by atoms with Crippen LogP contribution in [0.3, 0.4) is 0 Å². The summed E-state index contributed by atoms with van der Waals surface area (Å²) in [5.74, 6) is 0. The van der Waals surface area contributed by atoms with Gasteiger partial charge in [0.1, 0.15) is 0 Å². The van der Waals surface area contributed by atoms with Gasteiger partial charge in [-0.05, 0) is 49.1 Å². The first-order chi connectivity index (χ1) is 8.28. The second kappa shape index (κ2) is 5.13. The summed E-state index contributed by atoms with van der Waals surface area (Å²) in [6, 6.07) is 8.80. The van der Waals surface area contributed by atoms with Crippen LogP contribution in [0.1, 0.15) is 37.6 Å². The van der Waals surface area contributed by atoms with Crippen LogP contribution in [-0.2, 0) is 12.8 Å². The minimum Gasteiger partial charge on any atom is -0.252 e. The Bertz CT molecular complexity index is 553. The van der Waals surface area contributed by atoms with Crippen LogP contribution in [0.25, 0.3) is 17.0 Å². The second-order valence-electron chi connectivity index (χ2n) is 4.26. The van der Waals surface area contributed by atoms with Crippen molar-refractivity contribution in [3.8, 4) is 0 Å². The van der Waals surface area contributed by atoms with Gasteiger partial charge in [-0.3, -0.25) is 4.98 Å². The third-order valence-corrected chi connectivity index (χ3v) is 3.08. The van der Waals surface area contributed by atoms with Crippen LogP contribution in [0.2, 0.25) is 0 Å². The molecule has 17 heavy (non-hydrogen) atoms. The number of aryl methyl sites for hydroxylation is 2. The van der Waals surface area contributed by atoms with Gasteiger partial charge in [-0.15, -0.1) is 0 Å². The Balaban J connectivity index is 2.65. The number of fused-ring (bicyclic) bond motifs is 1. The molecule has 1 nitrogen and oxygen atoms in total. The molecule has 0 radical (unpaired) electrons. The van der Waals surface area contributed by atoms with Crippen molar-refractivity contribution >= 4 is 17.0 Å². The highest BCUT2D eigenvalue weighted by Gasteiger charge is 2.03. The summed E-state index contributed by atoms with van der Waals surface area (Å²) < 4.78 is 0. The molecule has 0 amide bonds. The van der Waals surface area contributed by atoms with Crippen molar-refractivity contribution < 1.29 is 0 Å². The minimum atomic E-state index is 0.977. The van der Waals surface area contributed by atoms with Crippen LogP contribution in [0, 0.1) is 0 Å². The Labute approximate surface area is 103 Å². The summed E-state index contributed by atoms with van der Waals surface area (Å²) in [5.41, 5.74) is 4.90. The van der Waals surface area contributed by atoms with E-state index in [4.69, 9.17) is 4.98 Å². The predicted octanol–water partition coefficient (Wildman–Crippen LogP) is 4.39. The monoisotopic (exact) mass is 225 g/mol. The number of hydrogen-bond donors (Lipinski definition) is 0. The van der Waals surface area contributed by atoms with E-state index < -0.39 is 0 Å². The molecule has 1 aromatic carbocycles. The molecule has 0 atom stereocenters. The lowest BCUT2D eigenvalue weighted by molar-refractivity contribution is 1.05. The van der Waals surface area contributed by atoms with Crippen LogP contribution in [0.15, 0.2) is 30.3 Å². The first-order valence-corrected chi connectivity index (χ1v) is 6.33. The van der Waals surface area contributed by atoms with E-state index in [0.29, 0.717) is 0 Å². The Morgan fingerprint density at radius 1 is 1.12 bits per heavy atom. The van der Waals surface area contributed by atoms with Gasteiger partial charge < -0.3 is 0 Å². The lowest BCUT2D eigenvalue weighted by atomic mass is 10.0. The third kappa shape index (κ3) is 2.38. The van der Waals surface area contributed by atoms with E-state index in [1.165, 1.54) is 22.2 Å². The molecule has 0 bridgehead atoms. The summed E-state index contributed by atoms with van der Waals surface area (Å²) in [7, 11) is 0. The normalized spacial score (nSPS) is 11.5. The Morgan fingerprint density at radius 3 is 2.59 bits per heavy atom. The number of nitrogens with zero attached hydrogens (tertiary/aromatic N) is 1. The van der Waals surface area contributed by atoms with Crippen molar-refractivity contribution in [1.29, 1.82) is 0 Å². The standard InChI is InChI=1S/C16H19N/c1-4-7-13-11-14-10-12(5-2)8-9-16(14)17-15(13)6-3/h4,7-11H,5-6H2,1-3H3. The zero-order valence-electron chi connectivity index (χ0n) is 10.8. The van der Waals surface area contributed by atoms with E-state index in [0.717, 1.165) is 18.4 Å². The lowest BCUT2D eigenvalue weighted by Gasteiger charge is -2.07. The number of allylic oxidation sites excluding steroid dienone is 1. The molecule has 1 heteroatoms. The fourth-order valence-electron chi connectivity index (χ4n) is 2.11. The fraction of sp³-hybridized carbons (Fsp3) is 0.312. The quantitative estimate of drug-likeness (QED) is 0.754. The molecule has 2 rings (SSSR count). The number of pyridine rings is 1. The van der Waals surface area contributed by atoms with Crippen LogP contribution in [0.4, 0.5) is 0 Å². The van der Waals surface area contributed by atoms with Crippen molar-refractivity contribution in [3.63, 3.8) is 0 Å². The molecular formula is C16H19N. The topological polar surface area (TPSA) is 12.9 Å². The number of benzene rings is 1. The Hall–Kier alpha value is -1.63. The molecule has 0 saturated heterocycles. The van der Waals surface area contributed by atoms with Crippen molar-refractivity contribution in [2.24, 2.45) is 0 Å². The molecule has 0 fully saturated rings. The molecule has 1 aromatic heterocycles. The van der Waals surface area contributed by atoms with Crippen molar-refractivity contribution in [2.75, 3.05) is 0 Å². The second-order valence-corrected chi connectivity index (χ2v) is 4.26. The minimum absolute atomic E-state index is 0.977. The highest BCUT2D eigenvalue weighted by Crippen LogP contribution is 2.20. The molecule has 2 aromatic rings. The van der Waals surface area contributed by atoms with Gasteiger partial charge in [0, 0.05) is 11.1 Å². The summed E-state index contributed by atoms with van der Waals surface area (Å²) in [6.45, 7) is 6.38. The SMILES string of the molecule is CC=Cc1cc2cc(CC)ccc2nc1CC. The lowest BCUT2D eigenvalue weighted by Crippen LogP contribution is -1.93. The van der Waals surface area contributed by atoms with Crippen molar-refractivity contribution in [1.82, 2.24) is 4.98 Å². The third-order valence-electron chi connectivity index (χ3n) is 3.08. The van der Waals surface area contributed by atoms with Gasteiger partial charge in [0.25, 0.3) is 0 Å². The summed E-state index contributed by atoms with van der Waals surface area (Å²) in [5, 5.41) is 1.25. The molecule has 0 aliphatic heterocycles. The highest BCUT2D eigenvalue weighted by atomic mass is 14.7. The van der Waals surface area contributed by atoms with E-state index in [1.807, 2.05) is 6.92 Å². The smallest absolute Gasteiger partial charge is 0.0705 e. The maximum Gasteiger partial charge on any atom is 0.0705 e. The van der Waals surface area contributed by atoms with Gasteiger partial charge in [-0.1, -0.05) is 32.1 Å². The van der Waals surface area contributed by atoms with Crippen LogP contribution < -0.4 is 0 Å². The van der Waals surface area contributed by atoms with Gasteiger partial charge in [-0.2, -0.15) is 0 Å². The molecule has 0 N–H and O–H groups in total.